The normalized spacial score (nSPS) is 11.8. The van der Waals surface area contributed by atoms with E-state index in [2.05, 4.69) is 12.2 Å². The summed E-state index contributed by atoms with van der Waals surface area (Å²) in [4.78, 5) is 12.1. The number of ether oxygens (including phenoxy) is 1. The minimum absolute atomic E-state index is 0.108. The average molecular weight is 340 g/mol. The molecule has 1 amide bonds. The number of nitrogens with one attached hydrogen (secondary N) is 1. The summed E-state index contributed by atoms with van der Waals surface area (Å²) in [7, 11) is 0. The third-order valence-electron chi connectivity index (χ3n) is 4.04. The molecule has 25 heavy (non-hydrogen) atoms. The second-order valence-electron chi connectivity index (χ2n) is 6.18. The Morgan fingerprint density at radius 1 is 1.08 bits per heavy atom. The van der Waals surface area contributed by atoms with Crippen LogP contribution in [0.25, 0.3) is 0 Å². The summed E-state index contributed by atoms with van der Waals surface area (Å²) in [5.41, 5.74) is 8.22. The molecule has 0 aliphatic carbocycles. The van der Waals surface area contributed by atoms with E-state index in [-0.39, 0.29) is 5.91 Å². The van der Waals surface area contributed by atoms with Crippen LogP contribution in [0, 0.1) is 0 Å². The van der Waals surface area contributed by atoms with E-state index in [1.54, 1.807) is 0 Å². The SMILES string of the molecule is CCCCOc1ccc(CCNC(=O)C(N)Cc2ccccc2)cc1. The molecule has 4 heteroatoms. The summed E-state index contributed by atoms with van der Waals surface area (Å²) >= 11 is 0. The van der Waals surface area contributed by atoms with E-state index in [1.807, 2.05) is 54.6 Å². The summed E-state index contributed by atoms with van der Waals surface area (Å²) in [6.45, 7) is 3.48. The molecular weight excluding hydrogens is 312 g/mol. The maximum Gasteiger partial charge on any atom is 0.237 e. The lowest BCUT2D eigenvalue weighted by Crippen LogP contribution is -2.42. The fourth-order valence-corrected chi connectivity index (χ4v) is 2.51. The summed E-state index contributed by atoms with van der Waals surface area (Å²) in [5, 5.41) is 2.91. The molecule has 2 rings (SSSR count). The second-order valence-corrected chi connectivity index (χ2v) is 6.18. The van der Waals surface area contributed by atoms with Crippen LogP contribution in [-0.4, -0.2) is 25.1 Å². The topological polar surface area (TPSA) is 64.3 Å². The number of unbranched alkanes of at least 4 members (excludes halogenated alkanes) is 1. The first-order valence-electron chi connectivity index (χ1n) is 8.98. The van der Waals surface area contributed by atoms with Crippen molar-refractivity contribution in [3.05, 3.63) is 65.7 Å². The molecular formula is C21H28N2O2. The van der Waals surface area contributed by atoms with E-state index in [0.717, 1.165) is 37.2 Å². The number of hydrogen-bond acceptors (Lipinski definition) is 3. The lowest BCUT2D eigenvalue weighted by molar-refractivity contribution is -0.122. The number of nitrogens with two attached hydrogens (primary N) is 1. The highest BCUT2D eigenvalue weighted by molar-refractivity contribution is 5.81. The molecule has 0 heterocycles. The molecule has 0 saturated carbocycles. The van der Waals surface area contributed by atoms with E-state index >= 15 is 0 Å². The van der Waals surface area contributed by atoms with Gasteiger partial charge < -0.3 is 15.8 Å². The maximum atomic E-state index is 12.1. The zero-order chi connectivity index (χ0) is 17.9. The van der Waals surface area contributed by atoms with Crippen LogP contribution in [0.15, 0.2) is 54.6 Å². The number of rotatable bonds is 10. The molecule has 2 aromatic carbocycles. The van der Waals surface area contributed by atoms with Gasteiger partial charge in [0.25, 0.3) is 0 Å². The largest absolute Gasteiger partial charge is 0.494 e. The maximum absolute atomic E-state index is 12.1. The Morgan fingerprint density at radius 2 is 1.80 bits per heavy atom. The van der Waals surface area contributed by atoms with E-state index in [4.69, 9.17) is 10.5 Å². The van der Waals surface area contributed by atoms with Gasteiger partial charge in [-0.25, -0.2) is 0 Å². The highest BCUT2D eigenvalue weighted by Gasteiger charge is 2.13. The molecule has 0 aromatic heterocycles. The molecule has 0 aliphatic heterocycles. The van der Waals surface area contributed by atoms with Crippen molar-refractivity contribution < 1.29 is 9.53 Å². The molecule has 1 atom stereocenters. The first kappa shape index (κ1) is 19.0. The van der Waals surface area contributed by atoms with Crippen molar-refractivity contribution in [1.29, 1.82) is 0 Å². The van der Waals surface area contributed by atoms with E-state index in [9.17, 15) is 4.79 Å². The first-order valence-corrected chi connectivity index (χ1v) is 8.98. The molecule has 2 aromatic rings. The minimum Gasteiger partial charge on any atom is -0.494 e. The number of carbonyl (C=O) groups is 1. The molecule has 0 saturated heterocycles. The van der Waals surface area contributed by atoms with Crippen molar-refractivity contribution in [2.24, 2.45) is 5.73 Å². The van der Waals surface area contributed by atoms with Crippen molar-refractivity contribution in [3.8, 4) is 5.75 Å². The zero-order valence-electron chi connectivity index (χ0n) is 14.9. The third kappa shape index (κ3) is 6.98. The predicted octanol–water partition coefficient (Wildman–Crippen LogP) is 3.09. The molecule has 0 spiro atoms. The van der Waals surface area contributed by atoms with Crippen molar-refractivity contribution in [1.82, 2.24) is 5.32 Å². The van der Waals surface area contributed by atoms with Crippen LogP contribution in [0.5, 0.6) is 5.75 Å². The summed E-state index contributed by atoms with van der Waals surface area (Å²) in [5.74, 6) is 0.787. The Morgan fingerprint density at radius 3 is 2.48 bits per heavy atom. The van der Waals surface area contributed by atoms with Gasteiger partial charge in [-0.3, -0.25) is 4.79 Å². The van der Waals surface area contributed by atoms with Crippen molar-refractivity contribution in [2.45, 2.75) is 38.6 Å². The van der Waals surface area contributed by atoms with Gasteiger partial charge in [-0.1, -0.05) is 55.8 Å². The summed E-state index contributed by atoms with van der Waals surface area (Å²) in [6.07, 6.45) is 3.52. The van der Waals surface area contributed by atoms with Crippen molar-refractivity contribution >= 4 is 5.91 Å². The Hall–Kier alpha value is -2.33. The number of benzene rings is 2. The summed E-state index contributed by atoms with van der Waals surface area (Å²) in [6, 6.07) is 17.3. The zero-order valence-corrected chi connectivity index (χ0v) is 14.9. The predicted molar refractivity (Wildman–Crippen MR) is 102 cm³/mol. The highest BCUT2D eigenvalue weighted by atomic mass is 16.5. The molecule has 0 bridgehead atoms. The molecule has 3 N–H and O–H groups in total. The van der Waals surface area contributed by atoms with Crippen LogP contribution in [0.4, 0.5) is 0 Å². The number of amides is 1. The van der Waals surface area contributed by atoms with Gasteiger partial charge in [0.05, 0.1) is 12.6 Å². The van der Waals surface area contributed by atoms with Crippen LogP contribution in [0.2, 0.25) is 0 Å². The van der Waals surface area contributed by atoms with Crippen LogP contribution in [-0.2, 0) is 17.6 Å². The average Bonchev–Trinajstić information content (AvgIpc) is 2.64. The smallest absolute Gasteiger partial charge is 0.237 e. The quantitative estimate of drug-likeness (QED) is 0.653. The van der Waals surface area contributed by atoms with Crippen molar-refractivity contribution in [3.63, 3.8) is 0 Å². The monoisotopic (exact) mass is 340 g/mol. The van der Waals surface area contributed by atoms with Gasteiger partial charge in [0.15, 0.2) is 0 Å². The highest BCUT2D eigenvalue weighted by Crippen LogP contribution is 2.13. The standard InChI is InChI=1S/C21H28N2O2/c1-2-3-15-25-19-11-9-17(10-12-19)13-14-23-21(24)20(22)16-18-7-5-4-6-8-18/h4-12,20H,2-3,13-16,22H2,1H3,(H,23,24). The number of carbonyl (C=O) groups excluding carboxylic acids is 1. The van der Waals surface area contributed by atoms with Gasteiger partial charge in [-0.2, -0.15) is 0 Å². The molecule has 1 unspecified atom stereocenters. The molecule has 4 nitrogen and oxygen atoms in total. The van der Waals surface area contributed by atoms with Crippen LogP contribution in [0.3, 0.4) is 0 Å². The number of hydrogen-bond donors (Lipinski definition) is 2. The van der Waals surface area contributed by atoms with E-state index < -0.39 is 6.04 Å². The summed E-state index contributed by atoms with van der Waals surface area (Å²) < 4.78 is 5.65. The first-order chi connectivity index (χ1) is 12.2. The Bertz CT molecular complexity index is 626. The Kier molecular flexibility index (Phi) is 7.99. The van der Waals surface area contributed by atoms with E-state index in [0.29, 0.717) is 13.0 Å². The van der Waals surface area contributed by atoms with Crippen LogP contribution < -0.4 is 15.8 Å². The molecule has 134 valence electrons. The van der Waals surface area contributed by atoms with Gasteiger partial charge in [0.2, 0.25) is 5.91 Å². The van der Waals surface area contributed by atoms with E-state index in [1.165, 1.54) is 5.56 Å². The van der Waals surface area contributed by atoms with Crippen LogP contribution in [0.1, 0.15) is 30.9 Å². The van der Waals surface area contributed by atoms with Gasteiger partial charge >= 0.3 is 0 Å². The third-order valence-corrected chi connectivity index (χ3v) is 4.04. The fourth-order valence-electron chi connectivity index (χ4n) is 2.51. The van der Waals surface area contributed by atoms with Gasteiger partial charge in [-0.05, 0) is 42.5 Å². The molecule has 0 fully saturated rings. The van der Waals surface area contributed by atoms with Gasteiger partial charge in [0, 0.05) is 6.54 Å². The van der Waals surface area contributed by atoms with Crippen molar-refractivity contribution in [2.75, 3.05) is 13.2 Å². The second kappa shape index (κ2) is 10.5. The van der Waals surface area contributed by atoms with Crippen LogP contribution >= 0.6 is 0 Å². The lowest BCUT2D eigenvalue weighted by atomic mass is 10.1. The molecule has 0 radical (unpaired) electrons. The fraction of sp³-hybridized carbons (Fsp3) is 0.381. The minimum atomic E-state index is -0.517. The Balaban J connectivity index is 1.69. The lowest BCUT2D eigenvalue weighted by Gasteiger charge is -2.12. The van der Waals surface area contributed by atoms with Gasteiger partial charge in [-0.15, -0.1) is 0 Å². The molecule has 0 aliphatic rings. The Labute approximate surface area is 150 Å². The van der Waals surface area contributed by atoms with Gasteiger partial charge in [0.1, 0.15) is 5.75 Å².